The first-order valence-electron chi connectivity index (χ1n) is 6.01. The highest BCUT2D eigenvalue weighted by molar-refractivity contribution is 7.98. The summed E-state index contributed by atoms with van der Waals surface area (Å²) < 4.78 is 0. The largest absolute Gasteiger partial charge is 0.303 e. The topological polar surface area (TPSA) is 20.3 Å². The van der Waals surface area contributed by atoms with Gasteiger partial charge >= 0.3 is 0 Å². The molecule has 0 spiro atoms. The Morgan fingerprint density at radius 2 is 1.94 bits per heavy atom. The first kappa shape index (κ1) is 16.0. The van der Waals surface area contributed by atoms with Crippen molar-refractivity contribution >= 4 is 17.5 Å². The van der Waals surface area contributed by atoms with Crippen LogP contribution in [-0.2, 0) is 4.79 Å². The molecule has 0 bridgehead atoms. The Morgan fingerprint density at radius 1 is 1.38 bits per heavy atom. The van der Waals surface area contributed by atoms with E-state index in [9.17, 15) is 4.79 Å². The van der Waals surface area contributed by atoms with Crippen molar-refractivity contribution in [1.29, 1.82) is 0 Å². The molecular weight excluding hydrogens is 218 g/mol. The lowest BCUT2D eigenvalue weighted by Gasteiger charge is -2.25. The SMILES string of the molecule is CSCCC(C)N(C)CCC(=O)C(C)(C)C. The smallest absolute Gasteiger partial charge is 0.139 e. The Bertz CT molecular complexity index is 210. The first-order valence-corrected chi connectivity index (χ1v) is 7.41. The summed E-state index contributed by atoms with van der Waals surface area (Å²) in [4.78, 5) is 14.1. The molecule has 3 heteroatoms. The highest BCUT2D eigenvalue weighted by atomic mass is 32.2. The summed E-state index contributed by atoms with van der Waals surface area (Å²) >= 11 is 1.88. The van der Waals surface area contributed by atoms with Gasteiger partial charge in [0.05, 0.1) is 0 Å². The predicted molar refractivity (Wildman–Crippen MR) is 74.2 cm³/mol. The summed E-state index contributed by atoms with van der Waals surface area (Å²) in [7, 11) is 2.11. The first-order chi connectivity index (χ1) is 7.29. The van der Waals surface area contributed by atoms with Crippen LogP contribution in [0.2, 0.25) is 0 Å². The molecule has 96 valence electrons. The van der Waals surface area contributed by atoms with Gasteiger partial charge in [-0.15, -0.1) is 0 Å². The van der Waals surface area contributed by atoms with Crippen molar-refractivity contribution in [3.8, 4) is 0 Å². The van der Waals surface area contributed by atoms with Gasteiger partial charge in [-0.2, -0.15) is 11.8 Å². The van der Waals surface area contributed by atoms with Gasteiger partial charge in [-0.05, 0) is 32.4 Å². The molecule has 1 unspecified atom stereocenters. The number of rotatable bonds is 7. The monoisotopic (exact) mass is 245 g/mol. The van der Waals surface area contributed by atoms with Crippen LogP contribution in [0.25, 0.3) is 0 Å². The van der Waals surface area contributed by atoms with Gasteiger partial charge in [0.2, 0.25) is 0 Å². The zero-order valence-corrected chi connectivity index (χ0v) is 12.5. The van der Waals surface area contributed by atoms with Crippen molar-refractivity contribution in [1.82, 2.24) is 4.90 Å². The molecule has 0 aromatic heterocycles. The Labute approximate surface area is 105 Å². The number of nitrogens with zero attached hydrogens (tertiary/aromatic N) is 1. The van der Waals surface area contributed by atoms with Crippen LogP contribution in [0, 0.1) is 5.41 Å². The molecule has 0 aliphatic heterocycles. The third-order valence-electron chi connectivity index (χ3n) is 3.02. The number of ketones is 1. The molecule has 0 N–H and O–H groups in total. The fraction of sp³-hybridized carbons (Fsp3) is 0.923. The normalized spacial score (nSPS) is 14.2. The molecule has 1 atom stereocenters. The molecule has 2 nitrogen and oxygen atoms in total. The van der Waals surface area contributed by atoms with Crippen molar-refractivity contribution in [2.75, 3.05) is 25.6 Å². The Kier molecular flexibility index (Phi) is 7.32. The van der Waals surface area contributed by atoms with Gasteiger partial charge in [0, 0.05) is 24.4 Å². The van der Waals surface area contributed by atoms with E-state index in [0.717, 1.165) is 6.54 Å². The summed E-state index contributed by atoms with van der Waals surface area (Å²) in [5.74, 6) is 1.55. The zero-order valence-electron chi connectivity index (χ0n) is 11.7. The Morgan fingerprint density at radius 3 is 2.38 bits per heavy atom. The lowest BCUT2D eigenvalue weighted by Crippen LogP contribution is -2.33. The third-order valence-corrected chi connectivity index (χ3v) is 3.66. The van der Waals surface area contributed by atoms with Crippen LogP contribution in [0.4, 0.5) is 0 Å². The third kappa shape index (κ3) is 6.54. The van der Waals surface area contributed by atoms with Crippen LogP contribution >= 0.6 is 11.8 Å². The van der Waals surface area contributed by atoms with Gasteiger partial charge in [0.15, 0.2) is 0 Å². The lowest BCUT2D eigenvalue weighted by molar-refractivity contribution is -0.126. The van der Waals surface area contributed by atoms with Gasteiger partial charge < -0.3 is 4.90 Å². The van der Waals surface area contributed by atoms with E-state index in [1.807, 2.05) is 32.5 Å². The minimum Gasteiger partial charge on any atom is -0.303 e. The molecule has 0 aliphatic rings. The second-order valence-corrected chi connectivity index (χ2v) is 6.52. The van der Waals surface area contributed by atoms with Gasteiger partial charge in [0.25, 0.3) is 0 Å². The number of hydrogen-bond donors (Lipinski definition) is 0. The van der Waals surface area contributed by atoms with E-state index in [4.69, 9.17) is 0 Å². The van der Waals surface area contributed by atoms with Crippen LogP contribution in [0.3, 0.4) is 0 Å². The van der Waals surface area contributed by atoms with Gasteiger partial charge in [0.1, 0.15) is 5.78 Å². The van der Waals surface area contributed by atoms with E-state index in [1.165, 1.54) is 12.2 Å². The molecule has 0 aliphatic carbocycles. The highest BCUT2D eigenvalue weighted by Gasteiger charge is 2.21. The molecular formula is C13H27NOS. The van der Waals surface area contributed by atoms with Crippen molar-refractivity contribution in [2.45, 2.75) is 46.6 Å². The van der Waals surface area contributed by atoms with E-state index < -0.39 is 0 Å². The second kappa shape index (κ2) is 7.33. The molecule has 0 aromatic rings. The molecule has 0 radical (unpaired) electrons. The highest BCUT2D eigenvalue weighted by Crippen LogP contribution is 2.17. The zero-order chi connectivity index (χ0) is 12.8. The molecule has 0 fully saturated rings. The minimum atomic E-state index is -0.191. The van der Waals surface area contributed by atoms with E-state index in [1.54, 1.807) is 0 Å². The number of Topliss-reactive ketones (excluding diaryl/α,β-unsaturated/α-hetero) is 1. The number of hydrogen-bond acceptors (Lipinski definition) is 3. The van der Waals surface area contributed by atoms with Gasteiger partial charge in [-0.3, -0.25) is 4.79 Å². The standard InChI is InChI=1S/C13H27NOS/c1-11(8-10-16-6)14(5)9-7-12(15)13(2,3)4/h11H,7-10H2,1-6H3. The maximum absolute atomic E-state index is 11.8. The molecule has 0 saturated heterocycles. The molecule has 0 heterocycles. The van der Waals surface area contributed by atoms with Crippen LogP contribution in [0.15, 0.2) is 0 Å². The van der Waals surface area contributed by atoms with Crippen molar-refractivity contribution in [3.63, 3.8) is 0 Å². The summed E-state index contributed by atoms with van der Waals surface area (Å²) in [5.41, 5.74) is -0.191. The van der Waals surface area contributed by atoms with Crippen LogP contribution < -0.4 is 0 Å². The average molecular weight is 245 g/mol. The summed E-state index contributed by atoms with van der Waals surface area (Å²) in [6.07, 6.45) is 4.00. The molecule has 0 aromatic carbocycles. The molecule has 0 rings (SSSR count). The quantitative estimate of drug-likeness (QED) is 0.687. The number of carbonyl (C=O) groups excluding carboxylic acids is 1. The second-order valence-electron chi connectivity index (χ2n) is 5.53. The fourth-order valence-corrected chi connectivity index (χ4v) is 1.96. The predicted octanol–water partition coefficient (Wildman–Crippen LogP) is 3.07. The number of thioether (sulfide) groups is 1. The van der Waals surface area contributed by atoms with Gasteiger partial charge in [-0.1, -0.05) is 20.8 Å². The summed E-state index contributed by atoms with van der Waals surface area (Å²) in [5, 5.41) is 0. The maximum atomic E-state index is 11.8. The van der Waals surface area contributed by atoms with E-state index in [-0.39, 0.29) is 5.41 Å². The average Bonchev–Trinajstić information content (AvgIpc) is 2.20. The molecule has 0 amide bonds. The number of carbonyl (C=O) groups is 1. The maximum Gasteiger partial charge on any atom is 0.139 e. The fourth-order valence-electron chi connectivity index (χ4n) is 1.38. The Hall–Kier alpha value is -0.0200. The lowest BCUT2D eigenvalue weighted by atomic mass is 9.89. The van der Waals surface area contributed by atoms with E-state index in [0.29, 0.717) is 18.2 Å². The van der Waals surface area contributed by atoms with Crippen LogP contribution in [0.1, 0.15) is 40.5 Å². The van der Waals surface area contributed by atoms with E-state index >= 15 is 0 Å². The van der Waals surface area contributed by atoms with Crippen molar-refractivity contribution in [2.24, 2.45) is 5.41 Å². The van der Waals surface area contributed by atoms with Gasteiger partial charge in [-0.25, -0.2) is 0 Å². The minimum absolute atomic E-state index is 0.191. The molecule has 16 heavy (non-hydrogen) atoms. The van der Waals surface area contributed by atoms with Crippen LogP contribution in [0.5, 0.6) is 0 Å². The van der Waals surface area contributed by atoms with Crippen molar-refractivity contribution in [3.05, 3.63) is 0 Å². The van der Waals surface area contributed by atoms with Crippen molar-refractivity contribution < 1.29 is 4.79 Å². The Balaban J connectivity index is 3.88. The summed E-state index contributed by atoms with van der Waals surface area (Å²) in [6.45, 7) is 9.09. The molecule has 0 saturated carbocycles. The van der Waals surface area contributed by atoms with E-state index in [2.05, 4.69) is 25.1 Å². The van der Waals surface area contributed by atoms with Crippen LogP contribution in [-0.4, -0.2) is 42.3 Å². The summed E-state index contributed by atoms with van der Waals surface area (Å²) in [6, 6.07) is 0.570.